The van der Waals surface area contributed by atoms with Gasteiger partial charge in [0.1, 0.15) is 5.65 Å². The second-order valence-corrected chi connectivity index (χ2v) is 6.28. The number of nitrogens with zero attached hydrogens (tertiary/aromatic N) is 2. The maximum absolute atomic E-state index is 8.81. The maximum atomic E-state index is 8.81. The average Bonchev–Trinajstić information content (AvgIpc) is 3.18. The van der Waals surface area contributed by atoms with Crippen LogP contribution in [0.4, 0.5) is 0 Å². The molecule has 0 radical (unpaired) electrons. The van der Waals surface area contributed by atoms with E-state index in [1.54, 1.807) is 13.8 Å². The van der Waals surface area contributed by atoms with Crippen LogP contribution in [-0.4, -0.2) is 9.38 Å². The highest BCUT2D eigenvalue weighted by Gasteiger charge is 2.16. The van der Waals surface area contributed by atoms with Crippen molar-refractivity contribution in [3.05, 3.63) is 83.3 Å². The topological polar surface area (TPSA) is 17.3 Å². The van der Waals surface area contributed by atoms with Gasteiger partial charge < -0.3 is 0 Å². The van der Waals surface area contributed by atoms with Crippen LogP contribution in [-0.2, 0) is 0 Å². The predicted octanol–water partition coefficient (Wildman–Crippen LogP) is 6.23. The number of fused-ring (bicyclic) bond motifs is 6. The first-order valence-electron chi connectivity index (χ1n) is 13.2. The number of benzene rings is 3. The molecule has 126 valence electrons. The summed E-state index contributed by atoms with van der Waals surface area (Å²) in [5, 5.41) is 0.537. The fourth-order valence-corrected chi connectivity index (χ4v) is 3.42. The molecule has 0 amide bonds. The molecule has 0 aliphatic heterocycles. The van der Waals surface area contributed by atoms with E-state index in [1.807, 2.05) is 0 Å². The summed E-state index contributed by atoms with van der Waals surface area (Å²) in [4.78, 5) is 4.39. The molecule has 2 nitrogen and oxygen atoms in total. The second-order valence-electron chi connectivity index (χ2n) is 6.28. The summed E-state index contributed by atoms with van der Waals surface area (Å²) in [6.07, 6.45) is -0.252. The summed E-state index contributed by atoms with van der Waals surface area (Å²) in [6, 6.07) is -0.693. The molecule has 26 heavy (non-hydrogen) atoms. The fourth-order valence-electron chi connectivity index (χ4n) is 3.42. The molecule has 0 aliphatic carbocycles. The van der Waals surface area contributed by atoms with Gasteiger partial charge in [0.25, 0.3) is 0 Å². The molecule has 0 bridgehead atoms. The van der Waals surface area contributed by atoms with Gasteiger partial charge >= 0.3 is 0 Å². The van der Waals surface area contributed by atoms with Crippen molar-refractivity contribution in [2.75, 3.05) is 0 Å². The Kier molecular flexibility index (Phi) is 1.68. The molecular formula is C24H20N2. The van der Waals surface area contributed by atoms with Crippen LogP contribution in [0.25, 0.3) is 38.6 Å². The van der Waals surface area contributed by atoms with Gasteiger partial charge in [-0.3, -0.25) is 4.40 Å². The minimum absolute atomic E-state index is 0.0524. The maximum Gasteiger partial charge on any atom is 0.145 e. The highest BCUT2D eigenvalue weighted by atomic mass is 15.0. The van der Waals surface area contributed by atoms with Crippen LogP contribution < -0.4 is 0 Å². The number of rotatable bonds is 1. The van der Waals surface area contributed by atoms with E-state index in [4.69, 9.17) is 13.7 Å². The Labute approximate surface area is 166 Å². The Morgan fingerprint density at radius 3 is 2.46 bits per heavy atom. The van der Waals surface area contributed by atoms with Crippen LogP contribution in [0, 0.1) is 20.8 Å². The standard InChI is InChI=1S/C24H20N2/c1-15-11-12-21-20(13-15)18-9-4-5-10-19(18)24-25-14-22(26(21)24)23-16(2)7-6-8-17(23)3/h4-14H,1-3H3/i4D,5D,6D,7D,8D,9D,11D,12D,13D,14D. The normalized spacial score (nSPS) is 17.0. The molecule has 0 fully saturated rings. The van der Waals surface area contributed by atoms with E-state index in [0.717, 1.165) is 0 Å². The predicted molar refractivity (Wildman–Crippen MR) is 110 cm³/mol. The first kappa shape index (κ1) is 8.05. The van der Waals surface area contributed by atoms with Crippen LogP contribution >= 0.6 is 0 Å². The van der Waals surface area contributed by atoms with Crippen molar-refractivity contribution in [1.29, 1.82) is 0 Å². The van der Waals surface area contributed by atoms with Crippen LogP contribution in [0.3, 0.4) is 0 Å². The molecule has 2 heteroatoms. The number of hydrogen-bond donors (Lipinski definition) is 0. The second kappa shape index (κ2) is 5.43. The van der Waals surface area contributed by atoms with Gasteiger partial charge in [-0.2, -0.15) is 0 Å². The SMILES string of the molecule is [2H]c1cc2c(c([2H])c1[2H])c1c([2H])c(C)c([2H])c([2H])c1n1c(-c3c(C)c([2H])c([2H])c([2H])c3C)c([2H])nc21. The highest BCUT2D eigenvalue weighted by molar-refractivity contribution is 6.12. The number of hydrogen-bond acceptors (Lipinski definition) is 1. The Balaban J connectivity index is 2.21. The van der Waals surface area contributed by atoms with Gasteiger partial charge in [-0.15, -0.1) is 0 Å². The fraction of sp³-hybridized carbons (Fsp3) is 0.125. The molecule has 0 saturated carbocycles. The van der Waals surface area contributed by atoms with Crippen molar-refractivity contribution >= 4 is 27.3 Å². The summed E-state index contributed by atoms with van der Waals surface area (Å²) in [5.74, 6) is 0. The van der Waals surface area contributed by atoms with Crippen molar-refractivity contribution < 1.29 is 13.7 Å². The van der Waals surface area contributed by atoms with Gasteiger partial charge in [-0.25, -0.2) is 4.98 Å². The largest absolute Gasteiger partial charge is 0.292 e. The van der Waals surface area contributed by atoms with Crippen molar-refractivity contribution in [3.8, 4) is 11.3 Å². The lowest BCUT2D eigenvalue weighted by Crippen LogP contribution is -1.96. The third kappa shape index (κ3) is 2.02. The Morgan fingerprint density at radius 1 is 0.846 bits per heavy atom. The number of pyridine rings is 1. The van der Waals surface area contributed by atoms with Crippen LogP contribution in [0.1, 0.15) is 30.4 Å². The highest BCUT2D eigenvalue weighted by Crippen LogP contribution is 2.35. The molecule has 0 N–H and O–H groups in total. The van der Waals surface area contributed by atoms with Gasteiger partial charge in [-0.05, 0) is 49.4 Å². The van der Waals surface area contributed by atoms with Crippen LogP contribution in [0.15, 0.2) is 66.6 Å². The molecular weight excluding hydrogens is 316 g/mol. The molecule has 5 rings (SSSR count). The number of aromatic nitrogens is 2. The van der Waals surface area contributed by atoms with Gasteiger partial charge in [0, 0.05) is 16.3 Å². The Hall–Kier alpha value is -3.13. The van der Waals surface area contributed by atoms with Crippen molar-refractivity contribution in [2.45, 2.75) is 20.8 Å². The average molecular weight is 346 g/mol. The Morgan fingerprint density at radius 2 is 1.65 bits per heavy atom. The van der Waals surface area contributed by atoms with Gasteiger partial charge in [-0.1, -0.05) is 53.9 Å². The quantitative estimate of drug-likeness (QED) is 0.329. The van der Waals surface area contributed by atoms with Crippen molar-refractivity contribution in [3.63, 3.8) is 0 Å². The molecule has 0 saturated heterocycles. The number of imidazole rings is 1. The van der Waals surface area contributed by atoms with Crippen molar-refractivity contribution in [1.82, 2.24) is 9.38 Å². The van der Waals surface area contributed by atoms with E-state index < -0.39 is 0 Å². The Bertz CT molecular complexity index is 1790. The van der Waals surface area contributed by atoms with E-state index in [-0.39, 0.29) is 99.1 Å². The van der Waals surface area contributed by atoms with E-state index >= 15 is 0 Å². The lowest BCUT2D eigenvalue weighted by Gasteiger charge is -2.14. The summed E-state index contributed by atoms with van der Waals surface area (Å²) in [7, 11) is 0. The third-order valence-electron chi connectivity index (χ3n) is 4.57. The van der Waals surface area contributed by atoms with Crippen LogP contribution in [0.2, 0.25) is 0 Å². The summed E-state index contributed by atoms with van der Waals surface area (Å²) in [5.41, 5.74) is 1.53. The van der Waals surface area contributed by atoms with Crippen molar-refractivity contribution in [2.24, 2.45) is 0 Å². The van der Waals surface area contributed by atoms with E-state index in [2.05, 4.69) is 4.98 Å². The van der Waals surface area contributed by atoms with Crippen LogP contribution in [0.5, 0.6) is 0 Å². The third-order valence-corrected chi connectivity index (χ3v) is 4.57. The smallest absolute Gasteiger partial charge is 0.145 e. The molecule has 0 unspecified atom stereocenters. The molecule has 2 aromatic heterocycles. The molecule has 0 aliphatic rings. The van der Waals surface area contributed by atoms with Gasteiger partial charge in [0.05, 0.1) is 31.1 Å². The van der Waals surface area contributed by atoms with Gasteiger partial charge in [0.15, 0.2) is 0 Å². The lowest BCUT2D eigenvalue weighted by molar-refractivity contribution is 1.24. The van der Waals surface area contributed by atoms with E-state index in [1.165, 1.54) is 17.4 Å². The van der Waals surface area contributed by atoms with E-state index in [0.29, 0.717) is 16.7 Å². The van der Waals surface area contributed by atoms with E-state index in [9.17, 15) is 0 Å². The minimum atomic E-state index is -0.347. The lowest BCUT2D eigenvalue weighted by atomic mass is 9.99. The summed E-state index contributed by atoms with van der Waals surface area (Å²) in [6.45, 7) is 4.75. The first-order valence-corrected chi connectivity index (χ1v) is 8.20. The zero-order chi connectivity index (χ0) is 26.5. The molecule has 2 heterocycles. The summed E-state index contributed by atoms with van der Waals surface area (Å²) >= 11 is 0. The molecule has 0 spiro atoms. The molecule has 3 aromatic carbocycles. The molecule has 5 aromatic rings. The van der Waals surface area contributed by atoms with Gasteiger partial charge in [0.2, 0.25) is 0 Å². The molecule has 0 atom stereocenters. The first-order chi connectivity index (χ1) is 16.8. The zero-order valence-corrected chi connectivity index (χ0v) is 14.5. The summed E-state index contributed by atoms with van der Waals surface area (Å²) < 4.78 is 86.1. The monoisotopic (exact) mass is 346 g/mol. The minimum Gasteiger partial charge on any atom is -0.292 e. The zero-order valence-electron chi connectivity index (χ0n) is 24.5.